The van der Waals surface area contributed by atoms with Gasteiger partial charge < -0.3 is 52.5 Å². The molecule has 15 nitrogen and oxygen atoms in total. The molecular formula is C46H82O15. The summed E-state index contributed by atoms with van der Waals surface area (Å²) in [6.07, 6.45) is 16.0. The zero-order chi connectivity index (χ0) is 40.6. The van der Waals surface area contributed by atoms with E-state index < -0.39 is 5.97 Å². The smallest absolute Gasteiger partial charge is 0.330 e. The fourth-order valence-corrected chi connectivity index (χ4v) is 8.85. The number of hydrogen-bond donors (Lipinski definition) is 1. The second-order valence-corrected chi connectivity index (χ2v) is 16.0. The minimum atomic E-state index is -0.695. The van der Waals surface area contributed by atoms with E-state index in [0.717, 1.165) is 95.5 Å². The predicted molar refractivity (Wildman–Crippen MR) is 230 cm³/mol. The Bertz CT molecular complexity index is 1280. The van der Waals surface area contributed by atoms with Crippen LogP contribution < -0.4 is 0 Å². The average molecular weight is 875 g/mol. The van der Waals surface area contributed by atoms with E-state index in [2.05, 4.69) is 0 Å². The first-order chi connectivity index (χ1) is 27.5. The molecule has 356 valence electrons. The summed E-state index contributed by atoms with van der Waals surface area (Å²) in [7, 11) is 0. The zero-order valence-electron chi connectivity index (χ0n) is 34.2. The molecule has 8 aliphatic rings. The third-order valence-electron chi connectivity index (χ3n) is 12.0. The molecule has 0 atom stereocenters. The fourth-order valence-electron chi connectivity index (χ4n) is 8.85. The van der Waals surface area contributed by atoms with Crippen molar-refractivity contribution in [1.82, 2.24) is 0 Å². The molecule has 0 radical (unpaired) electrons. The number of hydrogen-bond acceptors (Lipinski definition) is 14. The van der Waals surface area contributed by atoms with E-state index >= 15 is 0 Å². The molecular weight excluding hydrogens is 792 g/mol. The van der Waals surface area contributed by atoms with Gasteiger partial charge in [0.05, 0.1) is 66.1 Å². The molecule has 0 amide bonds. The van der Waals surface area contributed by atoms with Crippen molar-refractivity contribution in [2.24, 2.45) is 11.8 Å². The van der Waals surface area contributed by atoms with Gasteiger partial charge in [0.2, 0.25) is 0 Å². The standard InChI is InChI=1S/C12H20O4.C12H18O4.C10H16O4.C8H12O3.4CH4/c2*1-2-14-11(13)9-10-3-5-12(6-4-10)15-7-8-16-12;11-9(12)7-8-1-3-10(4-2-8)13-5-6-14-10;9-7-1-3-8(4-2-7)10-5-6-11-8;;;;/h10H,2-9H2,1H3;9H,2-8H2,1H3;8H,1-7H2,(H,11,12);1-6H2;4*1H4. The number of carbonyl (C=O) groups is 4. The summed E-state index contributed by atoms with van der Waals surface area (Å²) >= 11 is 0. The lowest BCUT2D eigenvalue weighted by molar-refractivity contribution is -0.184. The van der Waals surface area contributed by atoms with Gasteiger partial charge in [-0.15, -0.1) is 0 Å². The van der Waals surface area contributed by atoms with Crippen molar-refractivity contribution < 1.29 is 71.7 Å². The van der Waals surface area contributed by atoms with Gasteiger partial charge in [0.15, 0.2) is 23.1 Å². The Balaban J connectivity index is 0.000000401. The maximum Gasteiger partial charge on any atom is 0.330 e. The number of rotatable bonds is 7. The molecule has 8 fully saturated rings. The SMILES string of the molecule is C.C.C.C.CCOC(=O)C=C1CCC2(CC1)OCCO2.CCOC(=O)CC1CCC2(CC1)OCCO2.O=C(O)CC1CCC2(CC1)OCCO2.O=C1CCC2(CC1)OCCO2. The highest BCUT2D eigenvalue weighted by Crippen LogP contribution is 2.41. The molecule has 4 aliphatic heterocycles. The normalized spacial score (nSPS) is 25.9. The first kappa shape index (κ1) is 56.5. The van der Waals surface area contributed by atoms with Crippen LogP contribution in [0, 0.1) is 11.8 Å². The number of Topliss-reactive ketones (excluding diaryl/α,β-unsaturated/α-hetero) is 1. The highest BCUT2D eigenvalue weighted by Gasteiger charge is 2.43. The number of allylic oxidation sites excluding steroid dienone is 1. The van der Waals surface area contributed by atoms with Crippen LogP contribution in [0.4, 0.5) is 0 Å². The van der Waals surface area contributed by atoms with Gasteiger partial charge in [0.25, 0.3) is 0 Å². The van der Waals surface area contributed by atoms with Crippen molar-refractivity contribution in [2.45, 2.75) is 182 Å². The maximum absolute atomic E-state index is 11.3. The average Bonchev–Trinajstić information content (AvgIpc) is 4.04. The monoisotopic (exact) mass is 875 g/mol. The Morgan fingerprint density at radius 2 is 0.869 bits per heavy atom. The van der Waals surface area contributed by atoms with Gasteiger partial charge in [-0.25, -0.2) is 4.79 Å². The molecule has 0 aromatic heterocycles. The van der Waals surface area contributed by atoms with E-state index in [-0.39, 0.29) is 71.2 Å². The fraction of sp³-hybridized carbons (Fsp3) is 0.870. The first-order valence-electron chi connectivity index (χ1n) is 21.4. The molecule has 4 heterocycles. The lowest BCUT2D eigenvalue weighted by atomic mass is 9.83. The van der Waals surface area contributed by atoms with E-state index in [4.69, 9.17) is 52.5 Å². The van der Waals surface area contributed by atoms with E-state index in [1.165, 1.54) is 0 Å². The summed E-state index contributed by atoms with van der Waals surface area (Å²) in [6.45, 7) is 10.1. The molecule has 4 aliphatic carbocycles. The van der Waals surface area contributed by atoms with Gasteiger partial charge in [0, 0.05) is 83.1 Å². The zero-order valence-corrected chi connectivity index (χ0v) is 34.2. The molecule has 4 spiro atoms. The van der Waals surface area contributed by atoms with Crippen molar-refractivity contribution >= 4 is 23.7 Å². The second-order valence-electron chi connectivity index (χ2n) is 16.0. The summed E-state index contributed by atoms with van der Waals surface area (Å²) < 4.78 is 54.4. The van der Waals surface area contributed by atoms with Gasteiger partial charge in [-0.05, 0) is 64.2 Å². The van der Waals surface area contributed by atoms with Crippen LogP contribution in [0.25, 0.3) is 0 Å². The minimum Gasteiger partial charge on any atom is -0.481 e. The van der Waals surface area contributed by atoms with Crippen molar-refractivity contribution in [3.63, 3.8) is 0 Å². The van der Waals surface area contributed by atoms with E-state index in [0.29, 0.717) is 103 Å². The summed E-state index contributed by atoms with van der Waals surface area (Å²) in [5.41, 5.74) is 1.14. The van der Waals surface area contributed by atoms with Crippen LogP contribution >= 0.6 is 0 Å². The molecule has 4 saturated carbocycles. The molecule has 1 N–H and O–H groups in total. The molecule has 61 heavy (non-hydrogen) atoms. The number of carboxylic acids is 1. The van der Waals surface area contributed by atoms with E-state index in [1.54, 1.807) is 6.08 Å². The quantitative estimate of drug-likeness (QED) is 0.190. The number of carboxylic acid groups (broad SMARTS) is 1. The van der Waals surface area contributed by atoms with Gasteiger partial charge >= 0.3 is 17.9 Å². The molecule has 0 aromatic rings. The molecule has 0 aromatic carbocycles. The molecule has 0 bridgehead atoms. The number of esters is 2. The first-order valence-corrected chi connectivity index (χ1v) is 21.4. The van der Waals surface area contributed by atoms with Crippen molar-refractivity contribution in [3.05, 3.63) is 11.6 Å². The summed E-state index contributed by atoms with van der Waals surface area (Å²) in [6, 6.07) is 0. The van der Waals surface area contributed by atoms with Crippen LogP contribution in [0.1, 0.15) is 159 Å². The number of ether oxygens (including phenoxy) is 10. The highest BCUT2D eigenvalue weighted by atomic mass is 16.8. The number of aliphatic carboxylic acids is 1. The Morgan fingerprint density at radius 1 is 0.541 bits per heavy atom. The Morgan fingerprint density at radius 3 is 1.21 bits per heavy atom. The second kappa shape index (κ2) is 27.6. The van der Waals surface area contributed by atoms with Crippen LogP contribution in [0.15, 0.2) is 11.6 Å². The number of ketones is 1. The van der Waals surface area contributed by atoms with Crippen LogP contribution in [-0.4, -0.2) is 118 Å². The predicted octanol–water partition coefficient (Wildman–Crippen LogP) is 8.48. The van der Waals surface area contributed by atoms with Gasteiger partial charge in [0.1, 0.15) is 5.78 Å². The van der Waals surface area contributed by atoms with Crippen molar-refractivity contribution in [2.75, 3.05) is 66.1 Å². The topological polar surface area (TPSA) is 181 Å². The Hall–Kier alpha value is -2.50. The lowest BCUT2D eigenvalue weighted by Gasteiger charge is -2.34. The highest BCUT2D eigenvalue weighted by molar-refractivity contribution is 5.82. The number of carbonyl (C=O) groups excluding carboxylic acids is 3. The van der Waals surface area contributed by atoms with Gasteiger partial charge in [-0.2, -0.15) is 0 Å². The van der Waals surface area contributed by atoms with Crippen LogP contribution in [-0.2, 0) is 66.5 Å². The van der Waals surface area contributed by atoms with Gasteiger partial charge in [-0.3, -0.25) is 14.4 Å². The molecule has 8 rings (SSSR count). The van der Waals surface area contributed by atoms with E-state index in [1.807, 2.05) is 13.8 Å². The third kappa shape index (κ3) is 17.9. The van der Waals surface area contributed by atoms with Crippen LogP contribution in [0.3, 0.4) is 0 Å². The van der Waals surface area contributed by atoms with Crippen molar-refractivity contribution in [1.29, 1.82) is 0 Å². The third-order valence-corrected chi connectivity index (χ3v) is 12.0. The lowest BCUT2D eigenvalue weighted by Crippen LogP contribution is -2.35. The Labute approximate surface area is 366 Å². The summed E-state index contributed by atoms with van der Waals surface area (Å²) in [4.78, 5) is 44.0. The molecule has 0 unspecified atom stereocenters. The maximum atomic E-state index is 11.3. The van der Waals surface area contributed by atoms with Gasteiger partial charge in [-0.1, -0.05) is 35.3 Å². The van der Waals surface area contributed by atoms with Crippen LogP contribution in [0.2, 0.25) is 0 Å². The van der Waals surface area contributed by atoms with E-state index in [9.17, 15) is 19.2 Å². The summed E-state index contributed by atoms with van der Waals surface area (Å²) in [5.74, 6) is -1.30. The Kier molecular flexibility index (Phi) is 25.6. The largest absolute Gasteiger partial charge is 0.481 e. The summed E-state index contributed by atoms with van der Waals surface area (Å²) in [5, 5.41) is 8.66. The minimum absolute atomic E-state index is 0. The van der Waals surface area contributed by atoms with Crippen LogP contribution in [0.5, 0.6) is 0 Å². The molecule has 4 saturated heterocycles. The molecule has 15 heteroatoms. The van der Waals surface area contributed by atoms with Crippen molar-refractivity contribution in [3.8, 4) is 0 Å².